The fourth-order valence-corrected chi connectivity index (χ4v) is 6.06. The smallest absolute Gasteiger partial charge is 0.417 e. The van der Waals surface area contributed by atoms with Gasteiger partial charge in [-0.25, -0.2) is 9.97 Å². The molecule has 6 unspecified atom stereocenters. The first-order chi connectivity index (χ1) is 17.5. The van der Waals surface area contributed by atoms with Gasteiger partial charge in [0.25, 0.3) is 0 Å². The number of likely N-dealkylation sites (tertiary alicyclic amines) is 1. The van der Waals surface area contributed by atoms with E-state index in [1.165, 1.54) is 10.9 Å². The van der Waals surface area contributed by atoms with Crippen molar-refractivity contribution in [2.45, 2.75) is 57.2 Å². The first-order valence-electron chi connectivity index (χ1n) is 11.9. The maximum Gasteiger partial charge on any atom is 0.417 e. The number of aliphatic hydroxyl groups excluding tert-OH is 1. The summed E-state index contributed by atoms with van der Waals surface area (Å²) in [7, 11) is 1.99. The Labute approximate surface area is 211 Å². The highest BCUT2D eigenvalue weighted by Crippen LogP contribution is 2.73. The molecule has 1 spiro atoms. The number of halogens is 3. The molecule has 196 valence electrons. The number of aliphatic hydroxyl groups is 1. The highest BCUT2D eigenvalue weighted by Gasteiger charge is 2.78. The first-order valence-corrected chi connectivity index (χ1v) is 11.9. The average Bonchev–Trinajstić information content (AvgIpc) is 3.22. The summed E-state index contributed by atoms with van der Waals surface area (Å²) in [6, 6.07) is 6.22. The molecule has 0 aromatic carbocycles. The van der Waals surface area contributed by atoms with Crippen LogP contribution in [0.25, 0.3) is 5.69 Å². The van der Waals surface area contributed by atoms with E-state index in [1.54, 1.807) is 18.5 Å². The molecule has 2 aliphatic carbocycles. The molecule has 1 aliphatic heterocycles. The van der Waals surface area contributed by atoms with Gasteiger partial charge in [0.05, 0.1) is 30.1 Å². The van der Waals surface area contributed by atoms with Crippen molar-refractivity contribution in [2.75, 3.05) is 7.05 Å². The molecular formula is C25H27F3N6O3. The molecule has 1 saturated heterocycles. The van der Waals surface area contributed by atoms with Crippen molar-refractivity contribution < 1.29 is 27.8 Å². The lowest BCUT2D eigenvalue weighted by Gasteiger charge is -2.47. The molecule has 3 aromatic heterocycles. The number of likely N-dealkylation sites (N-methyl/N-ethyl adjacent to an activating group) is 1. The number of rotatable bonds is 5. The van der Waals surface area contributed by atoms with E-state index in [0.29, 0.717) is 23.6 Å². The number of hydrogen-bond acceptors (Lipinski definition) is 8. The average molecular weight is 517 g/mol. The van der Waals surface area contributed by atoms with E-state index in [2.05, 4.69) is 25.1 Å². The van der Waals surface area contributed by atoms with Crippen molar-refractivity contribution in [3.8, 4) is 11.6 Å². The Morgan fingerprint density at radius 2 is 1.92 bits per heavy atom. The van der Waals surface area contributed by atoms with Gasteiger partial charge in [0.1, 0.15) is 17.5 Å². The number of hydrogen-bond donors (Lipinski definition) is 1. The van der Waals surface area contributed by atoms with Crippen LogP contribution in [0, 0.1) is 18.3 Å². The number of aldehydes is 1. The summed E-state index contributed by atoms with van der Waals surface area (Å²) in [5.41, 5.74) is 1.21. The SMILES string of the molecule is CC(O)C1C2CC23CC(Oc2ccc(C(F)(F)F)cn2)C3N1C.Cc1ccc(-n2nccn2)c(C=O)n1. The number of piperidine rings is 1. The normalized spacial score (nSPS) is 28.7. The number of nitrogens with zero attached hydrogens (tertiary/aromatic N) is 6. The number of ether oxygens (including phenoxy) is 1. The molecule has 4 heterocycles. The minimum Gasteiger partial charge on any atom is -0.473 e. The number of carbonyl (C=O) groups is 1. The monoisotopic (exact) mass is 516 g/mol. The second-order valence-electron chi connectivity index (χ2n) is 9.92. The Balaban J connectivity index is 0.000000171. The van der Waals surface area contributed by atoms with Crippen molar-refractivity contribution in [1.29, 1.82) is 0 Å². The number of carbonyl (C=O) groups excluding carboxylic acids is 1. The van der Waals surface area contributed by atoms with Crippen LogP contribution >= 0.6 is 0 Å². The Hall–Kier alpha value is -3.38. The van der Waals surface area contributed by atoms with Gasteiger partial charge in [0, 0.05) is 24.0 Å². The van der Waals surface area contributed by atoms with Crippen molar-refractivity contribution in [3.05, 3.63) is 59.8 Å². The van der Waals surface area contributed by atoms with Gasteiger partial charge < -0.3 is 9.84 Å². The van der Waals surface area contributed by atoms with Crippen LogP contribution in [0.1, 0.15) is 41.5 Å². The second-order valence-corrected chi connectivity index (χ2v) is 9.92. The zero-order valence-electron chi connectivity index (χ0n) is 20.5. The van der Waals surface area contributed by atoms with Crippen LogP contribution in [0.3, 0.4) is 0 Å². The van der Waals surface area contributed by atoms with Crippen molar-refractivity contribution in [2.24, 2.45) is 11.3 Å². The summed E-state index contributed by atoms with van der Waals surface area (Å²) in [5, 5.41) is 17.8. The quantitative estimate of drug-likeness (QED) is 0.516. The summed E-state index contributed by atoms with van der Waals surface area (Å²) >= 11 is 0. The zero-order valence-corrected chi connectivity index (χ0v) is 20.5. The summed E-state index contributed by atoms with van der Waals surface area (Å²) in [4.78, 5) is 22.2. The van der Waals surface area contributed by atoms with E-state index in [9.17, 15) is 23.1 Å². The topological polar surface area (TPSA) is 106 Å². The third kappa shape index (κ3) is 4.48. The summed E-state index contributed by atoms with van der Waals surface area (Å²) < 4.78 is 43.5. The van der Waals surface area contributed by atoms with Crippen molar-refractivity contribution in [3.63, 3.8) is 0 Å². The molecule has 12 heteroatoms. The van der Waals surface area contributed by atoms with Crippen LogP contribution in [-0.2, 0) is 6.18 Å². The lowest BCUT2D eigenvalue weighted by atomic mass is 9.73. The van der Waals surface area contributed by atoms with Gasteiger partial charge in [-0.2, -0.15) is 23.4 Å². The lowest BCUT2D eigenvalue weighted by Crippen LogP contribution is -2.58. The molecule has 6 atom stereocenters. The molecule has 6 rings (SSSR count). The van der Waals surface area contributed by atoms with Gasteiger partial charge in [-0.05, 0) is 63.3 Å². The first kappa shape index (κ1) is 25.3. The molecule has 2 saturated carbocycles. The molecule has 37 heavy (non-hydrogen) atoms. The Morgan fingerprint density at radius 1 is 1.19 bits per heavy atom. The van der Waals surface area contributed by atoms with E-state index in [1.807, 2.05) is 27.0 Å². The van der Waals surface area contributed by atoms with Gasteiger partial charge in [0.2, 0.25) is 5.88 Å². The number of alkyl halides is 3. The fourth-order valence-electron chi connectivity index (χ4n) is 6.06. The zero-order chi connectivity index (χ0) is 26.5. The van der Waals surface area contributed by atoms with E-state index in [0.717, 1.165) is 30.8 Å². The molecule has 0 bridgehead atoms. The van der Waals surface area contributed by atoms with Crippen molar-refractivity contribution in [1.82, 2.24) is 29.9 Å². The van der Waals surface area contributed by atoms with Gasteiger partial charge in [0.15, 0.2) is 6.29 Å². The molecule has 1 N–H and O–H groups in total. The molecule has 3 aromatic rings. The Morgan fingerprint density at radius 3 is 2.51 bits per heavy atom. The van der Waals surface area contributed by atoms with Crippen LogP contribution in [-0.4, -0.2) is 72.6 Å². The largest absolute Gasteiger partial charge is 0.473 e. The van der Waals surface area contributed by atoms with Crippen LogP contribution in [0.2, 0.25) is 0 Å². The standard InChI is InChI=1S/C16H19F3N2O2.C9H8N4O/c1-8(22)13-10-5-15(10)6-11(14(15)21(13)2)23-12-4-3-9(7-20-12)16(17,18)19;1-7-2-3-9(8(6-14)12-7)13-10-4-5-11-13/h3-4,7-8,10-11,13-14,22H,5-6H2,1-2H3;2-6H,1H3. The molecular weight excluding hydrogens is 489 g/mol. The molecule has 3 aliphatic rings. The van der Waals surface area contributed by atoms with Gasteiger partial charge in [-0.3, -0.25) is 9.69 Å². The van der Waals surface area contributed by atoms with Crippen molar-refractivity contribution >= 4 is 6.29 Å². The van der Waals surface area contributed by atoms with Gasteiger partial charge >= 0.3 is 6.18 Å². The third-order valence-corrected chi connectivity index (χ3v) is 7.64. The lowest BCUT2D eigenvalue weighted by molar-refractivity contribution is -0.137. The predicted octanol–water partition coefficient (Wildman–Crippen LogP) is 3.10. The predicted molar refractivity (Wildman–Crippen MR) is 125 cm³/mol. The number of pyridine rings is 2. The number of aryl methyl sites for hydroxylation is 1. The Bertz CT molecular complexity index is 1270. The highest BCUT2D eigenvalue weighted by atomic mass is 19.4. The maximum absolute atomic E-state index is 12.6. The maximum atomic E-state index is 12.6. The molecule has 9 nitrogen and oxygen atoms in total. The van der Waals surface area contributed by atoms with E-state index in [-0.39, 0.29) is 35.6 Å². The minimum atomic E-state index is -4.39. The second kappa shape index (κ2) is 9.18. The van der Waals surface area contributed by atoms with Gasteiger partial charge in [-0.15, -0.1) is 4.80 Å². The van der Waals surface area contributed by atoms with Gasteiger partial charge in [-0.1, -0.05) is 0 Å². The highest BCUT2D eigenvalue weighted by molar-refractivity contribution is 5.77. The molecule has 3 fully saturated rings. The van der Waals surface area contributed by atoms with Crippen LogP contribution in [0.5, 0.6) is 5.88 Å². The summed E-state index contributed by atoms with van der Waals surface area (Å²) in [5.74, 6) is 0.738. The molecule has 0 amide bonds. The van der Waals surface area contributed by atoms with Crippen LogP contribution in [0.4, 0.5) is 13.2 Å². The summed E-state index contributed by atoms with van der Waals surface area (Å²) in [6.07, 6.45) is 1.76. The fraction of sp³-hybridized carbons (Fsp3) is 0.480. The van der Waals surface area contributed by atoms with E-state index < -0.39 is 11.7 Å². The Kier molecular flexibility index (Phi) is 6.27. The van der Waals surface area contributed by atoms with E-state index in [4.69, 9.17) is 4.74 Å². The summed E-state index contributed by atoms with van der Waals surface area (Å²) in [6.45, 7) is 3.64. The minimum absolute atomic E-state index is 0.0713. The molecule has 0 radical (unpaired) electrons. The van der Waals surface area contributed by atoms with Crippen LogP contribution in [0.15, 0.2) is 42.9 Å². The van der Waals surface area contributed by atoms with Crippen LogP contribution < -0.4 is 4.74 Å². The van der Waals surface area contributed by atoms with E-state index >= 15 is 0 Å². The third-order valence-electron chi connectivity index (χ3n) is 7.64. The number of aromatic nitrogens is 5.